The van der Waals surface area contributed by atoms with Crippen molar-refractivity contribution in [2.75, 3.05) is 11.5 Å². The molecule has 1 aliphatic heterocycles. The molecule has 0 N–H and O–H groups in total. The fourth-order valence-electron chi connectivity index (χ4n) is 0.598. The molecule has 58 valence electrons. The van der Waals surface area contributed by atoms with Crippen LogP contribution in [0.2, 0.25) is 0 Å². The first-order valence-electron chi connectivity index (χ1n) is 2.86. The lowest BCUT2D eigenvalue weighted by atomic mass is 10.6. The molecule has 11 heavy (non-hydrogen) atoms. The summed E-state index contributed by atoms with van der Waals surface area (Å²) in [5.41, 5.74) is 0. The quantitative estimate of drug-likeness (QED) is 0.498. The van der Waals surface area contributed by atoms with Gasteiger partial charge in [-0.1, -0.05) is 0 Å². The van der Waals surface area contributed by atoms with Crippen LogP contribution < -0.4 is 0 Å². The number of hydrogen-bond acceptors (Lipinski definition) is 3. The number of nitrogens with zero attached hydrogens (tertiary/aromatic N) is 2. The highest BCUT2D eigenvalue weighted by atomic mass is 32.2. The van der Waals surface area contributed by atoms with Crippen molar-refractivity contribution in [3.05, 3.63) is 14.1 Å². The van der Waals surface area contributed by atoms with Gasteiger partial charge in [-0.15, -0.1) is 11.8 Å². The average Bonchev–Trinajstić information content (AvgIpc) is 2.07. The fraction of sp³-hybridized carbons (Fsp3) is 0.333. The molecular formula is C6H6N2O2S. The summed E-state index contributed by atoms with van der Waals surface area (Å²) in [6.45, 7) is 0. The Morgan fingerprint density at radius 2 is 1.45 bits per heavy atom. The lowest BCUT2D eigenvalue weighted by molar-refractivity contribution is -0.149. The van der Waals surface area contributed by atoms with Gasteiger partial charge in [0.15, 0.2) is 0 Å². The molecule has 0 unspecified atom stereocenters. The van der Waals surface area contributed by atoms with Crippen molar-refractivity contribution in [1.82, 2.24) is 10.0 Å². The topological polar surface area (TPSA) is 40.6 Å². The van der Waals surface area contributed by atoms with E-state index in [0.717, 1.165) is 0 Å². The van der Waals surface area contributed by atoms with Crippen LogP contribution in [-0.4, -0.2) is 33.3 Å². The molecule has 0 bridgehead atoms. The van der Waals surface area contributed by atoms with Crippen LogP contribution in [0.4, 0.5) is 0 Å². The summed E-state index contributed by atoms with van der Waals surface area (Å²) in [5.74, 6) is -0.363. The van der Waals surface area contributed by atoms with E-state index in [2.05, 4.69) is 0 Å². The number of amides is 2. The van der Waals surface area contributed by atoms with E-state index in [-0.39, 0.29) is 23.3 Å². The van der Waals surface area contributed by atoms with E-state index in [0.29, 0.717) is 10.0 Å². The highest BCUT2D eigenvalue weighted by Gasteiger charge is 2.23. The molecule has 0 atom stereocenters. The van der Waals surface area contributed by atoms with E-state index in [1.807, 2.05) is 0 Å². The van der Waals surface area contributed by atoms with E-state index in [1.54, 1.807) is 0 Å². The first-order valence-corrected chi connectivity index (χ1v) is 4.01. The van der Waals surface area contributed by atoms with Crippen molar-refractivity contribution in [3.63, 3.8) is 0 Å². The second-order valence-electron chi connectivity index (χ2n) is 1.97. The standard InChI is InChI=1S/C6H6N2O2S/c1-7-5(9)3-11-4-6(10)8(7)2/h1-2H,3-4H2. The monoisotopic (exact) mass is 170 g/mol. The van der Waals surface area contributed by atoms with Crippen LogP contribution in [0.25, 0.3) is 0 Å². The number of hydrazine groups is 1. The maximum atomic E-state index is 10.9. The van der Waals surface area contributed by atoms with Gasteiger partial charge in [-0.3, -0.25) is 9.59 Å². The molecule has 0 aliphatic carbocycles. The molecule has 1 aliphatic rings. The second kappa shape index (κ2) is 3.13. The molecule has 1 heterocycles. The van der Waals surface area contributed by atoms with Gasteiger partial charge in [0.25, 0.3) is 11.8 Å². The zero-order valence-electron chi connectivity index (χ0n) is 5.69. The third-order valence-electron chi connectivity index (χ3n) is 1.19. The zero-order valence-corrected chi connectivity index (χ0v) is 6.50. The molecule has 4 nitrogen and oxygen atoms in total. The lowest BCUT2D eigenvalue weighted by Gasteiger charge is -2.23. The molecule has 0 spiro atoms. The van der Waals surface area contributed by atoms with Crippen LogP contribution in [0.15, 0.2) is 0 Å². The van der Waals surface area contributed by atoms with E-state index in [9.17, 15) is 9.59 Å². The van der Waals surface area contributed by atoms with Gasteiger partial charge < -0.3 is 0 Å². The minimum absolute atomic E-state index is 0.190. The van der Waals surface area contributed by atoms with Crippen LogP contribution in [0.1, 0.15) is 0 Å². The fourth-order valence-corrected chi connectivity index (χ4v) is 1.31. The van der Waals surface area contributed by atoms with Crippen molar-refractivity contribution in [2.24, 2.45) is 0 Å². The minimum atomic E-state index is -0.372. The van der Waals surface area contributed by atoms with Crippen LogP contribution in [0.3, 0.4) is 0 Å². The molecule has 4 radical (unpaired) electrons. The number of hydrogen-bond donors (Lipinski definition) is 0. The first-order chi connectivity index (χ1) is 5.13. The summed E-state index contributed by atoms with van der Waals surface area (Å²) in [7, 11) is 10.3. The first kappa shape index (κ1) is 8.39. The van der Waals surface area contributed by atoms with Crippen LogP contribution in [0, 0.1) is 14.1 Å². The summed E-state index contributed by atoms with van der Waals surface area (Å²) in [4.78, 5) is 21.8. The molecule has 0 aromatic carbocycles. The summed E-state index contributed by atoms with van der Waals surface area (Å²) in [6.07, 6.45) is 0. The highest BCUT2D eigenvalue weighted by Crippen LogP contribution is 2.11. The molecular weight excluding hydrogens is 164 g/mol. The number of thioether (sulfide) groups is 1. The Bertz CT molecular complexity index is 175. The second-order valence-corrected chi connectivity index (χ2v) is 2.96. The van der Waals surface area contributed by atoms with Gasteiger partial charge in [0.1, 0.15) is 14.1 Å². The molecule has 0 aromatic rings. The van der Waals surface area contributed by atoms with E-state index >= 15 is 0 Å². The largest absolute Gasteiger partial charge is 0.272 e. The van der Waals surface area contributed by atoms with E-state index < -0.39 is 0 Å². The van der Waals surface area contributed by atoms with Gasteiger partial charge in [-0.25, -0.2) is 10.0 Å². The van der Waals surface area contributed by atoms with Gasteiger partial charge in [0.05, 0.1) is 11.5 Å². The highest BCUT2D eigenvalue weighted by molar-refractivity contribution is 8.00. The van der Waals surface area contributed by atoms with Crippen LogP contribution in [0.5, 0.6) is 0 Å². The average molecular weight is 170 g/mol. The molecule has 0 aromatic heterocycles. The number of carbonyl (C=O) groups is 2. The Morgan fingerprint density at radius 1 is 1.09 bits per heavy atom. The Kier molecular flexibility index (Phi) is 2.38. The number of rotatable bonds is 0. The van der Waals surface area contributed by atoms with Gasteiger partial charge in [-0.2, -0.15) is 0 Å². The zero-order chi connectivity index (χ0) is 8.43. The van der Waals surface area contributed by atoms with Crippen molar-refractivity contribution < 1.29 is 9.59 Å². The predicted octanol–water partition coefficient (Wildman–Crippen LogP) is -0.357. The maximum Gasteiger partial charge on any atom is 0.251 e. The normalized spacial score (nSPS) is 20.5. The minimum Gasteiger partial charge on any atom is -0.272 e. The Labute approximate surface area is 69.5 Å². The summed E-state index contributed by atoms with van der Waals surface area (Å²) < 4.78 is 0. The van der Waals surface area contributed by atoms with Gasteiger partial charge in [0.2, 0.25) is 0 Å². The predicted molar refractivity (Wildman–Crippen MR) is 39.6 cm³/mol. The summed E-state index contributed by atoms with van der Waals surface area (Å²) in [6, 6.07) is 0. The van der Waals surface area contributed by atoms with Crippen LogP contribution in [-0.2, 0) is 9.59 Å². The third-order valence-corrected chi connectivity index (χ3v) is 2.10. The molecule has 1 fully saturated rings. The van der Waals surface area contributed by atoms with Crippen molar-refractivity contribution >= 4 is 23.6 Å². The molecule has 1 rings (SSSR count). The lowest BCUT2D eigenvalue weighted by Crippen LogP contribution is -2.41. The SMILES string of the molecule is [CH]N1C(=O)CSCC(=O)N1[CH]. The van der Waals surface area contributed by atoms with Crippen LogP contribution >= 0.6 is 11.8 Å². The van der Waals surface area contributed by atoms with E-state index in [1.165, 1.54) is 11.8 Å². The Hall–Kier alpha value is -0.710. The van der Waals surface area contributed by atoms with Gasteiger partial charge in [0, 0.05) is 0 Å². The Balaban J connectivity index is 2.73. The van der Waals surface area contributed by atoms with E-state index in [4.69, 9.17) is 14.1 Å². The third kappa shape index (κ3) is 1.65. The number of carbonyl (C=O) groups excluding carboxylic acids is 2. The van der Waals surface area contributed by atoms with Crippen molar-refractivity contribution in [2.45, 2.75) is 0 Å². The summed E-state index contributed by atoms with van der Waals surface area (Å²) >= 11 is 1.20. The molecule has 0 saturated carbocycles. The Morgan fingerprint density at radius 3 is 1.82 bits per heavy atom. The van der Waals surface area contributed by atoms with Crippen molar-refractivity contribution in [1.29, 1.82) is 0 Å². The maximum absolute atomic E-state index is 10.9. The molecule has 2 amide bonds. The van der Waals surface area contributed by atoms with Gasteiger partial charge >= 0.3 is 0 Å². The smallest absolute Gasteiger partial charge is 0.251 e. The van der Waals surface area contributed by atoms with Gasteiger partial charge in [-0.05, 0) is 0 Å². The molecule has 5 heteroatoms. The summed E-state index contributed by atoms with van der Waals surface area (Å²) in [5, 5.41) is 1.25. The van der Waals surface area contributed by atoms with Crippen molar-refractivity contribution in [3.8, 4) is 0 Å². The molecule has 1 saturated heterocycles.